The molecule has 0 aromatic heterocycles. The second-order valence-electron chi connectivity index (χ2n) is 3.23. The smallest absolute Gasteiger partial charge is 0.336 e. The molecule has 1 rings (SSSR count). The van der Waals surface area contributed by atoms with Gasteiger partial charge in [0, 0.05) is 5.56 Å². The summed E-state index contributed by atoms with van der Waals surface area (Å²) in [5, 5.41) is 17.8. The topological polar surface area (TPSA) is 133 Å². The van der Waals surface area contributed by atoms with Crippen molar-refractivity contribution in [3.63, 3.8) is 0 Å². The van der Waals surface area contributed by atoms with E-state index in [0.717, 1.165) is 30.4 Å². The van der Waals surface area contributed by atoms with Crippen molar-refractivity contribution in [3.05, 3.63) is 34.9 Å². The van der Waals surface area contributed by atoms with E-state index in [2.05, 4.69) is 9.98 Å². The highest BCUT2D eigenvalue weighted by molar-refractivity contribution is 5.93. The van der Waals surface area contributed by atoms with Crippen molar-refractivity contribution in [1.29, 1.82) is 0 Å². The zero-order chi connectivity index (χ0) is 14.4. The summed E-state index contributed by atoms with van der Waals surface area (Å²) in [7, 11) is 0. The number of benzene rings is 1. The molecule has 0 aliphatic heterocycles. The quantitative estimate of drug-likeness (QED) is 0.594. The summed E-state index contributed by atoms with van der Waals surface area (Å²) in [5.74, 6) is -2.68. The number of carboxylic acid groups (broad SMARTS) is 2. The van der Waals surface area contributed by atoms with E-state index < -0.39 is 18.1 Å². The van der Waals surface area contributed by atoms with E-state index in [-0.39, 0.29) is 16.7 Å². The Hall–Kier alpha value is -3.08. The standard InChI is InChI=1S/C11H6N2O6/c14-4-12-9(13-5-15)8-3-6(10(16)17)1-2-7(8)11(18)19/h1-3,9H,(H,16,17)(H,18,19). The lowest BCUT2D eigenvalue weighted by Gasteiger charge is -2.09. The first-order valence-corrected chi connectivity index (χ1v) is 4.75. The molecule has 2 N–H and O–H groups in total. The van der Waals surface area contributed by atoms with E-state index in [1.807, 2.05) is 0 Å². The van der Waals surface area contributed by atoms with Gasteiger partial charge in [0.05, 0.1) is 11.1 Å². The molecule has 0 aliphatic rings. The molecule has 1 aromatic rings. The van der Waals surface area contributed by atoms with Crippen LogP contribution in [-0.2, 0) is 9.59 Å². The Kier molecular flexibility index (Phi) is 4.43. The summed E-state index contributed by atoms with van der Waals surface area (Å²) < 4.78 is 0. The number of carbonyl (C=O) groups is 2. The molecule has 0 spiro atoms. The third kappa shape index (κ3) is 3.19. The van der Waals surface area contributed by atoms with Crippen LogP contribution < -0.4 is 0 Å². The van der Waals surface area contributed by atoms with Crippen molar-refractivity contribution < 1.29 is 29.4 Å². The molecule has 0 aliphatic carbocycles. The Morgan fingerprint density at radius 2 is 1.63 bits per heavy atom. The van der Waals surface area contributed by atoms with E-state index in [4.69, 9.17) is 10.2 Å². The molecule has 0 atom stereocenters. The van der Waals surface area contributed by atoms with Crippen LogP contribution in [0.1, 0.15) is 32.4 Å². The van der Waals surface area contributed by atoms with Gasteiger partial charge in [-0.25, -0.2) is 19.2 Å². The Balaban J connectivity index is 3.54. The van der Waals surface area contributed by atoms with Crippen molar-refractivity contribution in [3.8, 4) is 0 Å². The van der Waals surface area contributed by atoms with Crippen LogP contribution >= 0.6 is 0 Å². The highest BCUT2D eigenvalue weighted by Crippen LogP contribution is 2.24. The number of rotatable bonds is 5. The fourth-order valence-corrected chi connectivity index (χ4v) is 1.37. The van der Waals surface area contributed by atoms with Gasteiger partial charge < -0.3 is 10.2 Å². The molecule has 19 heavy (non-hydrogen) atoms. The normalized spacial score (nSPS) is 10.7. The molecule has 0 saturated carbocycles. The van der Waals surface area contributed by atoms with Gasteiger partial charge >= 0.3 is 11.9 Å². The van der Waals surface area contributed by atoms with Crippen LogP contribution in [0.3, 0.4) is 0 Å². The van der Waals surface area contributed by atoms with E-state index in [0.29, 0.717) is 0 Å². The van der Waals surface area contributed by atoms with Gasteiger partial charge in [-0.1, -0.05) is 0 Å². The first-order chi connectivity index (χ1) is 9.01. The Morgan fingerprint density at radius 1 is 1.05 bits per heavy atom. The number of aliphatic imine (C=N–C) groups is 2. The van der Waals surface area contributed by atoms with Crippen LogP contribution in [-0.4, -0.2) is 34.3 Å². The Morgan fingerprint density at radius 3 is 2.05 bits per heavy atom. The summed E-state index contributed by atoms with van der Waals surface area (Å²) in [6.45, 7) is 0. The molecule has 96 valence electrons. The molecule has 0 fully saturated rings. The molecule has 0 saturated heterocycles. The molecular weight excluding hydrogens is 256 g/mol. The number of carbonyl (C=O) groups excluding carboxylic acids is 2. The van der Waals surface area contributed by atoms with Crippen molar-refractivity contribution in [2.24, 2.45) is 9.98 Å². The third-order valence-corrected chi connectivity index (χ3v) is 2.16. The zero-order valence-electron chi connectivity index (χ0n) is 9.23. The van der Waals surface area contributed by atoms with Gasteiger partial charge in [-0.3, -0.25) is 0 Å². The molecule has 0 amide bonds. The molecule has 0 unspecified atom stereocenters. The first kappa shape index (κ1) is 14.0. The second kappa shape index (κ2) is 6.02. The SMILES string of the molecule is O=C=NC(N=C=O)c1cc(C(=O)O)ccc1C(=O)O. The van der Waals surface area contributed by atoms with Gasteiger partial charge in [0.25, 0.3) is 0 Å². The lowest BCUT2D eigenvalue weighted by Crippen LogP contribution is -2.08. The van der Waals surface area contributed by atoms with Crippen molar-refractivity contribution in [2.45, 2.75) is 6.17 Å². The molecule has 1 aromatic carbocycles. The summed E-state index contributed by atoms with van der Waals surface area (Å²) in [6, 6.07) is 3.06. The number of hydrogen-bond donors (Lipinski definition) is 2. The Bertz CT molecular complexity index is 608. The number of nitrogens with zero attached hydrogens (tertiary/aromatic N) is 2. The zero-order valence-corrected chi connectivity index (χ0v) is 9.23. The summed E-state index contributed by atoms with van der Waals surface area (Å²) in [4.78, 5) is 48.5. The van der Waals surface area contributed by atoms with Gasteiger partial charge in [0.2, 0.25) is 12.2 Å². The maximum Gasteiger partial charge on any atom is 0.336 e. The van der Waals surface area contributed by atoms with Crippen LogP contribution in [0, 0.1) is 0 Å². The number of isocyanates is 2. The van der Waals surface area contributed by atoms with Crippen molar-refractivity contribution >= 4 is 24.1 Å². The number of carboxylic acids is 2. The molecular formula is C11H6N2O6. The highest BCUT2D eigenvalue weighted by atomic mass is 16.4. The summed E-state index contributed by atoms with van der Waals surface area (Å²) in [6.07, 6.45) is 0.770. The maximum atomic E-state index is 11.0. The van der Waals surface area contributed by atoms with Crippen LogP contribution in [0.15, 0.2) is 28.2 Å². The van der Waals surface area contributed by atoms with E-state index in [1.54, 1.807) is 0 Å². The lowest BCUT2D eigenvalue weighted by atomic mass is 10.0. The van der Waals surface area contributed by atoms with Gasteiger partial charge in [0.15, 0.2) is 6.17 Å². The summed E-state index contributed by atoms with van der Waals surface area (Å²) in [5.41, 5.74) is -0.765. The van der Waals surface area contributed by atoms with Crippen LogP contribution in [0.4, 0.5) is 0 Å². The molecule has 0 radical (unpaired) electrons. The van der Waals surface area contributed by atoms with Gasteiger partial charge in [-0.05, 0) is 18.2 Å². The number of aromatic carboxylic acids is 2. The number of hydrogen-bond acceptors (Lipinski definition) is 6. The second-order valence-corrected chi connectivity index (χ2v) is 3.23. The highest BCUT2D eigenvalue weighted by Gasteiger charge is 2.20. The molecule has 8 nitrogen and oxygen atoms in total. The predicted octanol–water partition coefficient (Wildman–Crippen LogP) is 0.753. The largest absolute Gasteiger partial charge is 0.478 e. The summed E-state index contributed by atoms with van der Waals surface area (Å²) >= 11 is 0. The lowest BCUT2D eigenvalue weighted by molar-refractivity contribution is 0.0679. The van der Waals surface area contributed by atoms with Crippen molar-refractivity contribution in [2.75, 3.05) is 0 Å². The average Bonchev–Trinajstić information content (AvgIpc) is 2.37. The maximum absolute atomic E-state index is 11.0. The molecule has 0 heterocycles. The van der Waals surface area contributed by atoms with Crippen LogP contribution in [0.2, 0.25) is 0 Å². The monoisotopic (exact) mass is 262 g/mol. The predicted molar refractivity (Wildman–Crippen MR) is 59.3 cm³/mol. The fraction of sp³-hybridized carbons (Fsp3) is 0.0909. The van der Waals surface area contributed by atoms with Gasteiger partial charge in [-0.2, -0.15) is 9.98 Å². The minimum atomic E-state index is -1.49. The van der Waals surface area contributed by atoms with E-state index in [9.17, 15) is 19.2 Å². The molecule has 8 heteroatoms. The minimum absolute atomic E-state index is 0.209. The van der Waals surface area contributed by atoms with Crippen LogP contribution in [0.25, 0.3) is 0 Å². The fourth-order valence-electron chi connectivity index (χ4n) is 1.37. The van der Waals surface area contributed by atoms with E-state index >= 15 is 0 Å². The van der Waals surface area contributed by atoms with Gasteiger partial charge in [-0.15, -0.1) is 0 Å². The van der Waals surface area contributed by atoms with Crippen molar-refractivity contribution in [1.82, 2.24) is 0 Å². The third-order valence-electron chi connectivity index (χ3n) is 2.16. The van der Waals surface area contributed by atoms with Gasteiger partial charge in [0.1, 0.15) is 0 Å². The van der Waals surface area contributed by atoms with E-state index in [1.165, 1.54) is 0 Å². The minimum Gasteiger partial charge on any atom is -0.478 e. The van der Waals surface area contributed by atoms with Crippen LogP contribution in [0.5, 0.6) is 0 Å². The molecule has 0 bridgehead atoms. The average molecular weight is 262 g/mol. The Labute approximate surface area is 105 Å². The first-order valence-electron chi connectivity index (χ1n) is 4.75.